The van der Waals surface area contributed by atoms with E-state index in [0.29, 0.717) is 13.2 Å². The van der Waals surface area contributed by atoms with Gasteiger partial charge in [-0.05, 0) is 13.3 Å². The van der Waals surface area contributed by atoms with Crippen molar-refractivity contribution in [3.05, 3.63) is 12.2 Å². The molecule has 0 bridgehead atoms. The van der Waals surface area contributed by atoms with E-state index in [1.165, 1.54) is 0 Å². The van der Waals surface area contributed by atoms with Gasteiger partial charge in [0.15, 0.2) is 5.82 Å². The summed E-state index contributed by atoms with van der Waals surface area (Å²) in [7, 11) is 0. The van der Waals surface area contributed by atoms with Crippen molar-refractivity contribution in [2.24, 2.45) is 17.1 Å². The summed E-state index contributed by atoms with van der Waals surface area (Å²) in [6.07, 6.45) is 2.60. The van der Waals surface area contributed by atoms with E-state index in [1.54, 1.807) is 6.33 Å². The molecule has 2 fully saturated rings. The monoisotopic (exact) mass is 293 g/mol. The first-order chi connectivity index (χ1) is 9.92. The van der Waals surface area contributed by atoms with E-state index in [0.717, 1.165) is 18.8 Å². The van der Waals surface area contributed by atoms with Crippen LogP contribution in [0.15, 0.2) is 6.33 Å². The average Bonchev–Trinajstić information content (AvgIpc) is 3.11. The summed E-state index contributed by atoms with van der Waals surface area (Å²) in [5.41, 5.74) is 5.26. The highest BCUT2D eigenvalue weighted by atomic mass is 16.5. The first-order valence-corrected chi connectivity index (χ1v) is 7.48. The Labute approximate surface area is 124 Å². The maximum atomic E-state index is 12.7. The van der Waals surface area contributed by atoms with Crippen LogP contribution in [0.5, 0.6) is 0 Å². The second-order valence-corrected chi connectivity index (χ2v) is 6.49. The maximum Gasteiger partial charge on any atom is 0.241 e. The third kappa shape index (κ3) is 1.83. The van der Waals surface area contributed by atoms with Crippen LogP contribution in [-0.4, -0.2) is 38.9 Å². The molecule has 21 heavy (non-hydrogen) atoms. The van der Waals surface area contributed by atoms with Crippen LogP contribution in [0.25, 0.3) is 0 Å². The Bertz CT molecular complexity index is 555. The molecule has 1 aliphatic carbocycles. The van der Waals surface area contributed by atoms with Gasteiger partial charge in [-0.2, -0.15) is 0 Å². The zero-order valence-electron chi connectivity index (χ0n) is 12.8. The van der Waals surface area contributed by atoms with Gasteiger partial charge in [-0.25, -0.2) is 0 Å². The van der Waals surface area contributed by atoms with Crippen molar-refractivity contribution in [2.75, 3.05) is 6.61 Å². The van der Waals surface area contributed by atoms with Crippen LogP contribution in [0, 0.1) is 11.3 Å². The topological polar surface area (TPSA) is 95.1 Å². The van der Waals surface area contributed by atoms with Crippen molar-refractivity contribution in [2.45, 2.75) is 51.9 Å². The van der Waals surface area contributed by atoms with Gasteiger partial charge in [0, 0.05) is 24.5 Å². The fraction of sp³-hybridized carbons (Fsp3) is 0.786. The first kappa shape index (κ1) is 14.5. The Balaban J connectivity index is 1.71. The minimum atomic E-state index is -0.870. The third-order valence-electron chi connectivity index (χ3n) is 5.27. The SMILES string of the molecule is CCn1cnnc1CNC(=O)C1(N)C2CCOC2C1(C)C. The Morgan fingerprint density at radius 3 is 3.10 bits per heavy atom. The highest BCUT2D eigenvalue weighted by Crippen LogP contribution is 2.58. The molecule has 7 nitrogen and oxygen atoms in total. The number of carbonyl (C=O) groups excluding carboxylic acids is 1. The minimum absolute atomic E-state index is 0.0903. The summed E-state index contributed by atoms with van der Waals surface area (Å²) in [6.45, 7) is 7.83. The molecule has 3 unspecified atom stereocenters. The molecule has 116 valence electrons. The number of nitrogens with one attached hydrogen (secondary N) is 1. The van der Waals surface area contributed by atoms with E-state index < -0.39 is 5.54 Å². The van der Waals surface area contributed by atoms with E-state index in [2.05, 4.69) is 15.5 Å². The number of nitrogens with zero attached hydrogens (tertiary/aromatic N) is 3. The normalized spacial score (nSPS) is 33.3. The highest BCUT2D eigenvalue weighted by Gasteiger charge is 2.71. The van der Waals surface area contributed by atoms with Gasteiger partial charge in [-0.3, -0.25) is 4.79 Å². The minimum Gasteiger partial charge on any atom is -0.377 e. The second-order valence-electron chi connectivity index (χ2n) is 6.49. The molecule has 1 saturated heterocycles. The molecule has 2 heterocycles. The number of nitrogens with two attached hydrogens (primary N) is 1. The molecule has 3 atom stereocenters. The molecule has 0 aromatic carbocycles. The molecule has 1 aromatic rings. The van der Waals surface area contributed by atoms with Gasteiger partial charge in [0.25, 0.3) is 0 Å². The summed E-state index contributed by atoms with van der Waals surface area (Å²) in [6, 6.07) is 0. The summed E-state index contributed by atoms with van der Waals surface area (Å²) in [5.74, 6) is 0.729. The molecule has 1 amide bonds. The number of fused-ring (bicyclic) bond motifs is 1. The fourth-order valence-corrected chi connectivity index (χ4v) is 3.83. The predicted octanol–water partition coefficient (Wildman–Crippen LogP) is 0.0566. The molecule has 3 N–H and O–H groups in total. The fourth-order valence-electron chi connectivity index (χ4n) is 3.83. The van der Waals surface area contributed by atoms with Gasteiger partial charge in [-0.1, -0.05) is 13.8 Å². The number of hydrogen-bond acceptors (Lipinski definition) is 5. The lowest BCUT2D eigenvalue weighted by Crippen LogP contribution is -2.80. The van der Waals surface area contributed by atoms with E-state index in [-0.39, 0.29) is 23.3 Å². The largest absolute Gasteiger partial charge is 0.377 e. The number of hydrogen-bond donors (Lipinski definition) is 2. The van der Waals surface area contributed by atoms with E-state index >= 15 is 0 Å². The van der Waals surface area contributed by atoms with Crippen molar-refractivity contribution in [1.29, 1.82) is 0 Å². The van der Waals surface area contributed by atoms with Crippen LogP contribution >= 0.6 is 0 Å². The standard InChI is InChI=1S/C14H23N5O2/c1-4-19-8-17-18-10(19)7-16-12(20)14(15)9-5-6-21-11(9)13(14,2)3/h8-9,11H,4-7,15H2,1-3H3,(H,16,20). The van der Waals surface area contributed by atoms with Crippen LogP contribution in [0.1, 0.15) is 33.0 Å². The Morgan fingerprint density at radius 1 is 1.62 bits per heavy atom. The lowest BCUT2D eigenvalue weighted by Gasteiger charge is -2.60. The molecule has 0 radical (unpaired) electrons. The molecule has 0 spiro atoms. The molecule has 1 aromatic heterocycles. The van der Waals surface area contributed by atoms with Gasteiger partial charge in [0.05, 0.1) is 12.6 Å². The Morgan fingerprint density at radius 2 is 2.38 bits per heavy atom. The summed E-state index contributed by atoms with van der Waals surface area (Å²) < 4.78 is 7.61. The summed E-state index contributed by atoms with van der Waals surface area (Å²) in [4.78, 5) is 12.7. The molecular weight excluding hydrogens is 270 g/mol. The number of rotatable bonds is 4. The zero-order valence-corrected chi connectivity index (χ0v) is 12.8. The summed E-state index contributed by atoms with van der Waals surface area (Å²) >= 11 is 0. The molecule has 1 saturated carbocycles. The third-order valence-corrected chi connectivity index (χ3v) is 5.27. The molecule has 1 aliphatic heterocycles. The van der Waals surface area contributed by atoms with Crippen LogP contribution in [0.3, 0.4) is 0 Å². The van der Waals surface area contributed by atoms with Crippen molar-refractivity contribution in [1.82, 2.24) is 20.1 Å². The van der Waals surface area contributed by atoms with E-state index in [4.69, 9.17) is 10.5 Å². The number of aromatic nitrogens is 3. The maximum absolute atomic E-state index is 12.7. The van der Waals surface area contributed by atoms with Gasteiger partial charge < -0.3 is 20.4 Å². The smallest absolute Gasteiger partial charge is 0.241 e. The highest BCUT2D eigenvalue weighted by molar-refractivity contribution is 5.89. The van der Waals surface area contributed by atoms with Crippen molar-refractivity contribution >= 4 is 5.91 Å². The van der Waals surface area contributed by atoms with Crippen LogP contribution in [0.2, 0.25) is 0 Å². The van der Waals surface area contributed by atoms with Crippen molar-refractivity contribution in [3.63, 3.8) is 0 Å². The Kier molecular flexibility index (Phi) is 3.29. The number of amides is 1. The number of ether oxygens (including phenoxy) is 1. The van der Waals surface area contributed by atoms with Gasteiger partial charge in [-0.15, -0.1) is 10.2 Å². The summed E-state index contributed by atoms with van der Waals surface area (Å²) in [5, 5.41) is 10.8. The lowest BCUT2D eigenvalue weighted by atomic mass is 9.48. The van der Waals surface area contributed by atoms with Crippen molar-refractivity contribution in [3.8, 4) is 0 Å². The predicted molar refractivity (Wildman–Crippen MR) is 76.1 cm³/mol. The molecule has 3 rings (SSSR count). The van der Waals surface area contributed by atoms with Gasteiger partial charge >= 0.3 is 0 Å². The first-order valence-electron chi connectivity index (χ1n) is 7.48. The van der Waals surface area contributed by atoms with Crippen molar-refractivity contribution < 1.29 is 9.53 Å². The quantitative estimate of drug-likeness (QED) is 0.818. The van der Waals surface area contributed by atoms with Crippen LogP contribution in [0.4, 0.5) is 0 Å². The van der Waals surface area contributed by atoms with Gasteiger partial charge in [0.2, 0.25) is 5.91 Å². The van der Waals surface area contributed by atoms with E-state index in [9.17, 15) is 4.79 Å². The van der Waals surface area contributed by atoms with Crippen LogP contribution < -0.4 is 11.1 Å². The second kappa shape index (κ2) is 4.78. The van der Waals surface area contributed by atoms with Crippen LogP contribution in [-0.2, 0) is 22.6 Å². The zero-order chi connectivity index (χ0) is 15.3. The Hall–Kier alpha value is -1.47. The molecule has 2 aliphatic rings. The van der Waals surface area contributed by atoms with Gasteiger partial charge in [0.1, 0.15) is 11.9 Å². The molecule has 7 heteroatoms. The van der Waals surface area contributed by atoms with E-state index in [1.807, 2.05) is 25.3 Å². The average molecular weight is 293 g/mol. The number of carbonyl (C=O) groups is 1. The number of aryl methyl sites for hydroxylation is 1. The molecular formula is C14H23N5O2. The lowest BCUT2D eigenvalue weighted by molar-refractivity contribution is -0.175.